The molecule has 5 rings (SSSR count). The Morgan fingerprint density at radius 3 is 2.21 bits per heavy atom. The molecule has 11 heteroatoms. The van der Waals surface area contributed by atoms with Crippen molar-refractivity contribution in [2.24, 2.45) is 9.98 Å². The van der Waals surface area contributed by atoms with Gasteiger partial charge < -0.3 is 4.74 Å². The third-order valence-electron chi connectivity index (χ3n) is 6.81. The van der Waals surface area contributed by atoms with Crippen molar-refractivity contribution in [3.8, 4) is 5.75 Å². The van der Waals surface area contributed by atoms with E-state index in [-0.39, 0.29) is 30.0 Å². The Kier molecular flexibility index (Phi) is 9.22. The second kappa shape index (κ2) is 13.2. The fourth-order valence-electron chi connectivity index (χ4n) is 4.73. The second-order valence-electron chi connectivity index (χ2n) is 10.1. The van der Waals surface area contributed by atoms with E-state index in [1.807, 2.05) is 60.7 Å². The van der Waals surface area contributed by atoms with Gasteiger partial charge in [0.25, 0.3) is 16.0 Å². The van der Waals surface area contributed by atoms with Crippen LogP contribution in [0.3, 0.4) is 0 Å². The van der Waals surface area contributed by atoms with Crippen LogP contribution in [0.4, 0.5) is 8.78 Å². The fourth-order valence-corrected chi connectivity index (χ4v) is 5.30. The van der Waals surface area contributed by atoms with Crippen molar-refractivity contribution in [3.63, 3.8) is 0 Å². The summed E-state index contributed by atoms with van der Waals surface area (Å²) in [5.74, 6) is -2.80. The maximum absolute atomic E-state index is 14.8. The molecule has 0 radical (unpaired) electrons. The molecular weight excluding hydrogens is 576 g/mol. The zero-order chi connectivity index (χ0) is 30.4. The molecule has 2 aliphatic heterocycles. The van der Waals surface area contributed by atoms with Gasteiger partial charge in [0.05, 0.1) is 23.8 Å². The number of halogens is 2. The molecular formula is C32H29F2N3O5S. The van der Waals surface area contributed by atoms with Crippen LogP contribution in [-0.2, 0) is 21.3 Å². The Morgan fingerprint density at radius 1 is 0.884 bits per heavy atom. The molecule has 1 N–H and O–H groups in total. The third-order valence-corrected chi connectivity index (χ3v) is 7.61. The number of carbonyl (C=O) groups excluding carboxylic acids is 1. The summed E-state index contributed by atoms with van der Waals surface area (Å²) in [6.07, 6.45) is 5.20. The number of ether oxygens (including phenoxy) is 1. The van der Waals surface area contributed by atoms with Crippen LogP contribution < -0.4 is 4.74 Å². The van der Waals surface area contributed by atoms with Crippen LogP contribution in [-0.4, -0.2) is 47.7 Å². The summed E-state index contributed by atoms with van der Waals surface area (Å²) in [5.41, 5.74) is 3.12. The summed E-state index contributed by atoms with van der Waals surface area (Å²) < 4.78 is 65.2. The number of hydrogen-bond donors (Lipinski definition) is 1. The molecule has 43 heavy (non-hydrogen) atoms. The normalized spacial score (nSPS) is 15.7. The highest BCUT2D eigenvalue weighted by molar-refractivity contribution is 7.85. The lowest BCUT2D eigenvalue weighted by atomic mass is 10.1. The number of unbranched alkanes of at least 4 members (excludes halogenated alkanes) is 3. The van der Waals surface area contributed by atoms with E-state index in [1.165, 1.54) is 11.0 Å². The highest BCUT2D eigenvalue weighted by Crippen LogP contribution is 2.30. The van der Waals surface area contributed by atoms with Crippen LogP contribution in [0.5, 0.6) is 5.75 Å². The molecule has 0 saturated carbocycles. The van der Waals surface area contributed by atoms with Crippen LogP contribution in [0, 0.1) is 11.6 Å². The van der Waals surface area contributed by atoms with E-state index in [2.05, 4.69) is 4.99 Å². The number of hydrogen-bond acceptors (Lipinski definition) is 6. The molecule has 222 valence electrons. The number of benzene rings is 3. The van der Waals surface area contributed by atoms with Gasteiger partial charge in [0, 0.05) is 18.2 Å². The molecule has 0 saturated heterocycles. The Bertz CT molecular complexity index is 1710. The van der Waals surface area contributed by atoms with E-state index < -0.39 is 33.4 Å². The van der Waals surface area contributed by atoms with Crippen molar-refractivity contribution < 1.29 is 31.3 Å². The predicted octanol–water partition coefficient (Wildman–Crippen LogP) is 6.07. The first-order valence-electron chi connectivity index (χ1n) is 13.8. The number of rotatable bonds is 12. The third kappa shape index (κ3) is 7.68. The summed E-state index contributed by atoms with van der Waals surface area (Å²) in [6, 6.07) is 21.3. The molecule has 0 aromatic heterocycles. The zero-order valence-electron chi connectivity index (χ0n) is 23.1. The maximum Gasteiger partial charge on any atom is 0.282 e. The highest BCUT2D eigenvalue weighted by Gasteiger charge is 2.35. The second-order valence-corrected chi connectivity index (χ2v) is 11.7. The molecule has 2 aliphatic rings. The van der Waals surface area contributed by atoms with Crippen molar-refractivity contribution in [3.05, 3.63) is 113 Å². The zero-order valence-corrected chi connectivity index (χ0v) is 23.9. The average molecular weight is 606 g/mol. The lowest BCUT2D eigenvalue weighted by Crippen LogP contribution is -2.36. The van der Waals surface area contributed by atoms with Crippen LogP contribution >= 0.6 is 0 Å². The Hall–Kier alpha value is -4.48. The summed E-state index contributed by atoms with van der Waals surface area (Å²) in [5, 5.41) is 0. The van der Waals surface area contributed by atoms with Crippen molar-refractivity contribution in [2.75, 3.05) is 12.4 Å². The van der Waals surface area contributed by atoms with Crippen molar-refractivity contribution in [2.45, 2.75) is 32.1 Å². The standard InChI is InChI=1S/C32H29F2N3O5S/c33-25-17-23(18-26(34)30(25)42-15-9-1-2-10-16-43(39,40)41)20-28-32(38)37-21-29(24-13-7-4-8-14-24)35-27(31(37)36-28)19-22-11-5-3-6-12-22/h3-8,11-14,17-18,20-21H,1-2,9-10,15-16,19H2,(H,39,40,41). The lowest BCUT2D eigenvalue weighted by Gasteiger charge is -2.21. The van der Waals surface area contributed by atoms with Gasteiger partial charge in [-0.05, 0) is 42.2 Å². The molecule has 0 atom stereocenters. The van der Waals surface area contributed by atoms with Crippen LogP contribution in [0.1, 0.15) is 42.4 Å². The van der Waals surface area contributed by atoms with Crippen LogP contribution in [0.25, 0.3) is 11.8 Å². The monoisotopic (exact) mass is 605 g/mol. The predicted molar refractivity (Wildman–Crippen MR) is 161 cm³/mol. The molecule has 0 bridgehead atoms. The van der Waals surface area contributed by atoms with Gasteiger partial charge in [0.15, 0.2) is 23.2 Å². The van der Waals surface area contributed by atoms with Gasteiger partial charge in [-0.3, -0.25) is 14.2 Å². The van der Waals surface area contributed by atoms with Gasteiger partial charge in [-0.1, -0.05) is 73.5 Å². The summed E-state index contributed by atoms with van der Waals surface area (Å²) in [6.45, 7) is 0.0286. The van der Waals surface area contributed by atoms with Gasteiger partial charge in [0.1, 0.15) is 5.70 Å². The van der Waals surface area contributed by atoms with Gasteiger partial charge in [-0.2, -0.15) is 8.42 Å². The average Bonchev–Trinajstić information content (AvgIpc) is 3.29. The minimum Gasteiger partial charge on any atom is -0.488 e. The fraction of sp³-hybridized carbons (Fsp3) is 0.219. The molecule has 8 nitrogen and oxygen atoms in total. The van der Waals surface area contributed by atoms with Crippen molar-refractivity contribution >= 4 is 39.3 Å². The van der Waals surface area contributed by atoms with E-state index in [0.29, 0.717) is 42.9 Å². The quantitative estimate of drug-likeness (QED) is 0.153. The molecule has 0 spiro atoms. The largest absolute Gasteiger partial charge is 0.488 e. The van der Waals surface area contributed by atoms with Crippen molar-refractivity contribution in [1.82, 2.24) is 4.90 Å². The van der Waals surface area contributed by atoms with Gasteiger partial charge in [0.2, 0.25) is 0 Å². The minimum atomic E-state index is -4.00. The molecule has 2 heterocycles. The maximum atomic E-state index is 14.8. The van der Waals surface area contributed by atoms with Crippen molar-refractivity contribution in [1.29, 1.82) is 0 Å². The van der Waals surface area contributed by atoms with Crippen LogP contribution in [0.2, 0.25) is 0 Å². The summed E-state index contributed by atoms with van der Waals surface area (Å²) in [4.78, 5) is 24.2. The topological polar surface area (TPSA) is 109 Å². The summed E-state index contributed by atoms with van der Waals surface area (Å²) >= 11 is 0. The molecule has 0 unspecified atom stereocenters. The number of carbonyl (C=O) groups is 1. The van der Waals surface area contributed by atoms with E-state index >= 15 is 0 Å². The van der Waals surface area contributed by atoms with Crippen LogP contribution in [0.15, 0.2) is 94.7 Å². The molecule has 1 amide bonds. The van der Waals surface area contributed by atoms with E-state index in [4.69, 9.17) is 14.3 Å². The Balaban J connectivity index is 1.33. The number of amidine groups is 1. The first-order valence-corrected chi connectivity index (χ1v) is 15.4. The first kappa shape index (κ1) is 30.0. The summed E-state index contributed by atoms with van der Waals surface area (Å²) in [7, 11) is -4.00. The molecule has 3 aromatic carbocycles. The van der Waals surface area contributed by atoms with E-state index in [0.717, 1.165) is 23.3 Å². The smallest absolute Gasteiger partial charge is 0.282 e. The number of fused-ring (bicyclic) bond motifs is 1. The van der Waals surface area contributed by atoms with E-state index in [9.17, 15) is 22.0 Å². The highest BCUT2D eigenvalue weighted by atomic mass is 32.2. The first-order chi connectivity index (χ1) is 20.7. The molecule has 0 aliphatic carbocycles. The Morgan fingerprint density at radius 2 is 1.53 bits per heavy atom. The SMILES string of the molecule is O=C1C(=Cc2cc(F)c(OCCCCCCS(=O)(=O)O)c(F)c2)N=C2C(Cc3ccccc3)=NC(c3ccccc3)=CN12. The molecule has 0 fully saturated rings. The lowest BCUT2D eigenvalue weighted by molar-refractivity contribution is -0.120. The number of nitrogens with zero attached hydrogens (tertiary/aromatic N) is 3. The van der Waals surface area contributed by atoms with Gasteiger partial charge >= 0.3 is 0 Å². The number of amides is 1. The minimum absolute atomic E-state index is 0.0127. The van der Waals surface area contributed by atoms with E-state index in [1.54, 1.807) is 6.20 Å². The number of aliphatic imine (C=N–C) groups is 2. The van der Waals surface area contributed by atoms with Gasteiger partial charge in [-0.15, -0.1) is 0 Å². The Labute approximate surface area is 248 Å². The van der Waals surface area contributed by atoms with Gasteiger partial charge in [-0.25, -0.2) is 18.8 Å². The molecule has 3 aromatic rings.